The predicted molar refractivity (Wildman–Crippen MR) is 63.9 cm³/mol. The molecule has 1 fully saturated rings. The Labute approximate surface area is 101 Å². The molecule has 0 spiro atoms. The summed E-state index contributed by atoms with van der Waals surface area (Å²) in [5.74, 6) is 0.419. The lowest BCUT2D eigenvalue weighted by molar-refractivity contribution is 0.180. The first-order valence-electron chi connectivity index (χ1n) is 5.82. The zero-order valence-electron chi connectivity index (χ0n) is 10.3. The van der Waals surface area contributed by atoms with Crippen LogP contribution in [0, 0.1) is 5.82 Å². The van der Waals surface area contributed by atoms with E-state index in [4.69, 9.17) is 9.47 Å². The van der Waals surface area contributed by atoms with Crippen LogP contribution in [0.2, 0.25) is 0 Å². The molecule has 1 unspecified atom stereocenters. The molecule has 94 valence electrons. The van der Waals surface area contributed by atoms with Crippen molar-refractivity contribution in [1.29, 1.82) is 0 Å². The molecule has 3 nitrogen and oxygen atoms in total. The van der Waals surface area contributed by atoms with Crippen molar-refractivity contribution in [2.45, 2.75) is 18.9 Å². The van der Waals surface area contributed by atoms with E-state index >= 15 is 0 Å². The fourth-order valence-electron chi connectivity index (χ4n) is 2.33. The van der Waals surface area contributed by atoms with Gasteiger partial charge in [0.2, 0.25) is 0 Å². The van der Waals surface area contributed by atoms with Crippen LogP contribution < -0.4 is 10.1 Å². The molecule has 1 N–H and O–H groups in total. The summed E-state index contributed by atoms with van der Waals surface area (Å²) >= 11 is 0. The molecular formula is C13H18FNO2. The SMILES string of the molecule is COCc1ccc(C2CCNC2)c(OC)c1F. The molecule has 0 aromatic heterocycles. The maximum Gasteiger partial charge on any atom is 0.170 e. The molecule has 0 bridgehead atoms. The van der Waals surface area contributed by atoms with E-state index in [0.29, 0.717) is 17.2 Å². The first-order chi connectivity index (χ1) is 8.27. The monoisotopic (exact) mass is 239 g/mol. The van der Waals surface area contributed by atoms with Crippen molar-refractivity contribution in [1.82, 2.24) is 5.32 Å². The summed E-state index contributed by atoms with van der Waals surface area (Å²) in [6, 6.07) is 3.74. The van der Waals surface area contributed by atoms with Gasteiger partial charge in [-0.25, -0.2) is 4.39 Å². The molecule has 1 aliphatic heterocycles. The lowest BCUT2D eigenvalue weighted by Crippen LogP contribution is -2.10. The third-order valence-corrected chi connectivity index (χ3v) is 3.21. The van der Waals surface area contributed by atoms with Gasteiger partial charge in [0.05, 0.1) is 13.7 Å². The summed E-state index contributed by atoms with van der Waals surface area (Å²) < 4.78 is 24.3. The van der Waals surface area contributed by atoms with Crippen molar-refractivity contribution in [2.24, 2.45) is 0 Å². The number of nitrogens with one attached hydrogen (secondary N) is 1. The highest BCUT2D eigenvalue weighted by atomic mass is 19.1. The molecule has 1 aromatic rings. The summed E-state index contributed by atoms with van der Waals surface area (Å²) in [6.45, 7) is 2.14. The van der Waals surface area contributed by atoms with E-state index in [1.807, 2.05) is 6.07 Å². The van der Waals surface area contributed by atoms with Gasteiger partial charge in [-0.05, 0) is 13.0 Å². The van der Waals surface area contributed by atoms with E-state index in [0.717, 1.165) is 25.1 Å². The Balaban J connectivity index is 2.35. The van der Waals surface area contributed by atoms with Crippen LogP contribution in [0.5, 0.6) is 5.75 Å². The summed E-state index contributed by atoms with van der Waals surface area (Å²) in [4.78, 5) is 0. The minimum atomic E-state index is -0.293. The van der Waals surface area contributed by atoms with Crippen LogP contribution in [-0.2, 0) is 11.3 Å². The van der Waals surface area contributed by atoms with Gasteiger partial charge in [-0.2, -0.15) is 0 Å². The smallest absolute Gasteiger partial charge is 0.170 e. The molecule has 1 aromatic carbocycles. The second kappa shape index (κ2) is 5.47. The van der Waals surface area contributed by atoms with Gasteiger partial charge < -0.3 is 14.8 Å². The molecule has 2 rings (SSSR count). The van der Waals surface area contributed by atoms with Gasteiger partial charge in [-0.3, -0.25) is 0 Å². The van der Waals surface area contributed by atoms with E-state index in [2.05, 4.69) is 5.32 Å². The molecular weight excluding hydrogens is 221 g/mol. The molecule has 1 atom stereocenters. The Hall–Kier alpha value is -1.13. The Morgan fingerprint density at radius 1 is 1.41 bits per heavy atom. The van der Waals surface area contributed by atoms with E-state index in [9.17, 15) is 4.39 Å². The zero-order valence-corrected chi connectivity index (χ0v) is 10.3. The lowest BCUT2D eigenvalue weighted by Gasteiger charge is -2.16. The quantitative estimate of drug-likeness (QED) is 0.872. The lowest BCUT2D eigenvalue weighted by atomic mass is 9.96. The molecule has 1 heterocycles. The van der Waals surface area contributed by atoms with E-state index < -0.39 is 0 Å². The molecule has 1 saturated heterocycles. The van der Waals surface area contributed by atoms with Crippen LogP contribution in [0.25, 0.3) is 0 Å². The maximum absolute atomic E-state index is 14.1. The van der Waals surface area contributed by atoms with Crippen molar-refractivity contribution in [2.75, 3.05) is 27.3 Å². The van der Waals surface area contributed by atoms with E-state index in [1.54, 1.807) is 13.2 Å². The fraction of sp³-hybridized carbons (Fsp3) is 0.538. The molecule has 0 amide bonds. The van der Waals surface area contributed by atoms with Crippen molar-refractivity contribution in [3.8, 4) is 5.75 Å². The average molecular weight is 239 g/mol. The Kier molecular flexibility index (Phi) is 3.97. The van der Waals surface area contributed by atoms with E-state index in [1.165, 1.54) is 7.11 Å². The number of hydrogen-bond acceptors (Lipinski definition) is 3. The minimum Gasteiger partial charge on any atom is -0.493 e. The normalized spacial score (nSPS) is 19.6. The van der Waals surface area contributed by atoms with Gasteiger partial charge in [0, 0.05) is 30.7 Å². The van der Waals surface area contributed by atoms with Crippen LogP contribution in [-0.4, -0.2) is 27.3 Å². The Morgan fingerprint density at radius 2 is 2.24 bits per heavy atom. The molecule has 4 heteroatoms. The number of ether oxygens (including phenoxy) is 2. The standard InChI is InChI=1S/C13H18FNO2/c1-16-8-10-3-4-11(9-5-6-15-7-9)13(17-2)12(10)14/h3-4,9,15H,5-8H2,1-2H3. The molecule has 0 aliphatic carbocycles. The Morgan fingerprint density at radius 3 is 2.82 bits per heavy atom. The van der Waals surface area contributed by atoms with Crippen LogP contribution >= 0.6 is 0 Å². The van der Waals surface area contributed by atoms with Gasteiger partial charge in [0.15, 0.2) is 11.6 Å². The van der Waals surface area contributed by atoms with Gasteiger partial charge in [0.25, 0.3) is 0 Å². The summed E-state index contributed by atoms with van der Waals surface area (Å²) in [6.07, 6.45) is 1.03. The third-order valence-electron chi connectivity index (χ3n) is 3.21. The number of hydrogen-bond donors (Lipinski definition) is 1. The van der Waals surface area contributed by atoms with Crippen molar-refractivity contribution >= 4 is 0 Å². The van der Waals surface area contributed by atoms with Crippen LogP contribution in [0.4, 0.5) is 4.39 Å². The highest BCUT2D eigenvalue weighted by Crippen LogP contribution is 2.34. The first-order valence-corrected chi connectivity index (χ1v) is 5.82. The van der Waals surface area contributed by atoms with E-state index in [-0.39, 0.29) is 12.4 Å². The van der Waals surface area contributed by atoms with Gasteiger partial charge >= 0.3 is 0 Å². The number of methoxy groups -OCH3 is 2. The number of halogens is 1. The number of benzene rings is 1. The van der Waals surface area contributed by atoms with Gasteiger partial charge in [-0.15, -0.1) is 0 Å². The topological polar surface area (TPSA) is 30.5 Å². The van der Waals surface area contributed by atoms with Crippen LogP contribution in [0.15, 0.2) is 12.1 Å². The second-order valence-electron chi connectivity index (χ2n) is 4.28. The predicted octanol–water partition coefficient (Wildman–Crippen LogP) is 2.06. The fourth-order valence-corrected chi connectivity index (χ4v) is 2.33. The summed E-state index contributed by atoms with van der Waals surface area (Å²) in [7, 11) is 3.07. The first kappa shape index (κ1) is 12.3. The number of rotatable bonds is 4. The van der Waals surface area contributed by atoms with Crippen molar-refractivity contribution in [3.63, 3.8) is 0 Å². The highest BCUT2D eigenvalue weighted by molar-refractivity contribution is 5.42. The molecule has 0 saturated carbocycles. The highest BCUT2D eigenvalue weighted by Gasteiger charge is 2.23. The van der Waals surface area contributed by atoms with Crippen molar-refractivity contribution < 1.29 is 13.9 Å². The van der Waals surface area contributed by atoms with Crippen LogP contribution in [0.3, 0.4) is 0 Å². The molecule has 0 radical (unpaired) electrons. The minimum absolute atomic E-state index is 0.269. The third kappa shape index (κ3) is 2.42. The van der Waals surface area contributed by atoms with Crippen LogP contribution in [0.1, 0.15) is 23.5 Å². The summed E-state index contributed by atoms with van der Waals surface area (Å²) in [5.41, 5.74) is 1.49. The summed E-state index contributed by atoms with van der Waals surface area (Å²) in [5, 5.41) is 3.28. The Bertz CT molecular complexity index is 389. The molecule has 1 aliphatic rings. The van der Waals surface area contributed by atoms with Gasteiger partial charge in [-0.1, -0.05) is 12.1 Å². The van der Waals surface area contributed by atoms with Gasteiger partial charge in [0.1, 0.15) is 0 Å². The average Bonchev–Trinajstić information content (AvgIpc) is 2.85. The van der Waals surface area contributed by atoms with Crippen molar-refractivity contribution in [3.05, 3.63) is 29.1 Å². The maximum atomic E-state index is 14.1. The largest absolute Gasteiger partial charge is 0.493 e. The molecule has 17 heavy (non-hydrogen) atoms. The second-order valence-corrected chi connectivity index (χ2v) is 4.28. The zero-order chi connectivity index (χ0) is 12.3.